The number of nitrogens with zero attached hydrogens (tertiary/aromatic N) is 1. The van der Waals surface area contributed by atoms with Gasteiger partial charge in [-0.1, -0.05) is 13.8 Å². The summed E-state index contributed by atoms with van der Waals surface area (Å²) >= 11 is 0. The Labute approximate surface area is 82.5 Å². The molecule has 1 rings (SSSR count). The van der Waals surface area contributed by atoms with Crippen molar-refractivity contribution >= 4 is 0 Å². The first kappa shape index (κ1) is 11.0. The third-order valence-corrected chi connectivity index (χ3v) is 3.31. The van der Waals surface area contributed by atoms with Crippen LogP contribution in [-0.2, 0) is 0 Å². The molecular formula is C11H24N2. The highest BCUT2D eigenvalue weighted by molar-refractivity contribution is 4.85. The first-order chi connectivity index (χ1) is 6.15. The van der Waals surface area contributed by atoms with E-state index in [1.54, 1.807) is 0 Å². The van der Waals surface area contributed by atoms with Crippen LogP contribution in [0.3, 0.4) is 0 Å². The van der Waals surface area contributed by atoms with Crippen molar-refractivity contribution in [2.45, 2.75) is 39.2 Å². The molecule has 2 unspecified atom stereocenters. The summed E-state index contributed by atoms with van der Waals surface area (Å²) in [6.07, 6.45) is 3.97. The smallest absolute Gasteiger partial charge is 0.0133 e. The fourth-order valence-electron chi connectivity index (χ4n) is 2.32. The van der Waals surface area contributed by atoms with E-state index >= 15 is 0 Å². The van der Waals surface area contributed by atoms with E-state index in [0.717, 1.165) is 24.4 Å². The Hall–Kier alpha value is -0.0800. The van der Waals surface area contributed by atoms with Gasteiger partial charge in [0.05, 0.1) is 0 Å². The largest absolute Gasteiger partial charge is 0.330 e. The maximum absolute atomic E-state index is 5.77. The number of hydrogen-bond acceptors (Lipinski definition) is 2. The van der Waals surface area contributed by atoms with Gasteiger partial charge in [0.25, 0.3) is 0 Å². The Kier molecular flexibility index (Phi) is 4.20. The molecule has 2 N–H and O–H groups in total. The van der Waals surface area contributed by atoms with Crippen LogP contribution in [0.5, 0.6) is 0 Å². The SMILES string of the molecule is CC(C)CCC1C(CN)CCN1C. The summed E-state index contributed by atoms with van der Waals surface area (Å²) in [5.74, 6) is 1.58. The number of likely N-dealkylation sites (tertiary alicyclic amines) is 1. The third-order valence-electron chi connectivity index (χ3n) is 3.31. The molecule has 2 nitrogen and oxygen atoms in total. The van der Waals surface area contributed by atoms with Gasteiger partial charge in [0.2, 0.25) is 0 Å². The Morgan fingerprint density at radius 2 is 2.15 bits per heavy atom. The van der Waals surface area contributed by atoms with Gasteiger partial charge in [-0.05, 0) is 51.2 Å². The Morgan fingerprint density at radius 1 is 1.46 bits per heavy atom. The van der Waals surface area contributed by atoms with Gasteiger partial charge in [0.1, 0.15) is 0 Å². The summed E-state index contributed by atoms with van der Waals surface area (Å²) in [5.41, 5.74) is 5.77. The molecule has 0 aromatic carbocycles. The predicted octanol–water partition coefficient (Wildman–Crippen LogP) is 1.70. The molecule has 1 saturated heterocycles. The summed E-state index contributed by atoms with van der Waals surface area (Å²) in [7, 11) is 2.24. The highest BCUT2D eigenvalue weighted by atomic mass is 15.2. The maximum Gasteiger partial charge on any atom is 0.0133 e. The molecule has 0 bridgehead atoms. The summed E-state index contributed by atoms with van der Waals surface area (Å²) in [5, 5.41) is 0. The fourth-order valence-corrected chi connectivity index (χ4v) is 2.32. The molecule has 0 spiro atoms. The minimum absolute atomic E-state index is 0.753. The van der Waals surface area contributed by atoms with E-state index in [0.29, 0.717) is 0 Å². The van der Waals surface area contributed by atoms with Crippen LogP contribution in [0.4, 0.5) is 0 Å². The van der Waals surface area contributed by atoms with Crippen molar-refractivity contribution in [3.63, 3.8) is 0 Å². The van der Waals surface area contributed by atoms with Crippen molar-refractivity contribution < 1.29 is 0 Å². The van der Waals surface area contributed by atoms with Gasteiger partial charge in [-0.2, -0.15) is 0 Å². The Bertz CT molecular complexity index is 145. The van der Waals surface area contributed by atoms with Crippen LogP contribution in [0.2, 0.25) is 0 Å². The van der Waals surface area contributed by atoms with Crippen molar-refractivity contribution in [1.29, 1.82) is 0 Å². The predicted molar refractivity (Wildman–Crippen MR) is 57.7 cm³/mol. The molecule has 78 valence electrons. The van der Waals surface area contributed by atoms with Crippen LogP contribution in [0, 0.1) is 11.8 Å². The van der Waals surface area contributed by atoms with E-state index < -0.39 is 0 Å². The van der Waals surface area contributed by atoms with Crippen LogP contribution < -0.4 is 5.73 Å². The lowest BCUT2D eigenvalue weighted by Gasteiger charge is -2.24. The topological polar surface area (TPSA) is 29.3 Å². The minimum Gasteiger partial charge on any atom is -0.330 e. The number of rotatable bonds is 4. The van der Waals surface area contributed by atoms with E-state index in [-0.39, 0.29) is 0 Å². The van der Waals surface area contributed by atoms with Crippen molar-refractivity contribution in [2.24, 2.45) is 17.6 Å². The van der Waals surface area contributed by atoms with Crippen molar-refractivity contribution in [3.05, 3.63) is 0 Å². The monoisotopic (exact) mass is 184 g/mol. The van der Waals surface area contributed by atoms with Crippen LogP contribution >= 0.6 is 0 Å². The molecule has 2 atom stereocenters. The van der Waals surface area contributed by atoms with Crippen molar-refractivity contribution in [1.82, 2.24) is 4.90 Å². The Balaban J connectivity index is 2.35. The molecule has 1 aliphatic rings. The number of nitrogens with two attached hydrogens (primary N) is 1. The molecule has 13 heavy (non-hydrogen) atoms. The summed E-state index contributed by atoms with van der Waals surface area (Å²) in [6, 6.07) is 0.757. The molecule has 0 saturated carbocycles. The average molecular weight is 184 g/mol. The van der Waals surface area contributed by atoms with Gasteiger partial charge in [0.15, 0.2) is 0 Å². The van der Waals surface area contributed by atoms with E-state index in [4.69, 9.17) is 5.73 Å². The standard InChI is InChI=1S/C11H24N2/c1-9(2)4-5-11-10(8-12)6-7-13(11)3/h9-11H,4-8,12H2,1-3H3. The highest BCUT2D eigenvalue weighted by Crippen LogP contribution is 2.26. The molecule has 0 radical (unpaired) electrons. The zero-order valence-corrected chi connectivity index (χ0v) is 9.29. The fraction of sp³-hybridized carbons (Fsp3) is 1.00. The molecule has 1 aliphatic heterocycles. The average Bonchev–Trinajstić information content (AvgIpc) is 2.43. The van der Waals surface area contributed by atoms with Crippen LogP contribution in [0.15, 0.2) is 0 Å². The van der Waals surface area contributed by atoms with Gasteiger partial charge < -0.3 is 10.6 Å². The first-order valence-corrected chi connectivity index (χ1v) is 5.55. The zero-order valence-electron chi connectivity index (χ0n) is 9.29. The second kappa shape index (κ2) is 4.97. The Morgan fingerprint density at radius 3 is 2.69 bits per heavy atom. The lowest BCUT2D eigenvalue weighted by Crippen LogP contribution is -2.32. The van der Waals surface area contributed by atoms with E-state index in [1.165, 1.54) is 25.8 Å². The molecule has 2 heteroatoms. The van der Waals surface area contributed by atoms with Crippen LogP contribution in [0.1, 0.15) is 33.1 Å². The van der Waals surface area contributed by atoms with Gasteiger partial charge >= 0.3 is 0 Å². The van der Waals surface area contributed by atoms with Crippen LogP contribution in [-0.4, -0.2) is 31.1 Å². The molecular weight excluding hydrogens is 160 g/mol. The second-order valence-electron chi connectivity index (χ2n) is 4.80. The lowest BCUT2D eigenvalue weighted by molar-refractivity contribution is 0.246. The zero-order chi connectivity index (χ0) is 9.84. The normalized spacial score (nSPS) is 30.2. The van der Waals surface area contributed by atoms with E-state index in [1.807, 2.05) is 0 Å². The third kappa shape index (κ3) is 2.96. The summed E-state index contributed by atoms with van der Waals surface area (Å²) in [4.78, 5) is 2.49. The van der Waals surface area contributed by atoms with Crippen LogP contribution in [0.25, 0.3) is 0 Å². The van der Waals surface area contributed by atoms with Gasteiger partial charge in [-0.25, -0.2) is 0 Å². The lowest BCUT2D eigenvalue weighted by atomic mass is 9.94. The second-order valence-corrected chi connectivity index (χ2v) is 4.80. The highest BCUT2D eigenvalue weighted by Gasteiger charge is 2.29. The van der Waals surface area contributed by atoms with Crippen molar-refractivity contribution in [3.8, 4) is 0 Å². The number of hydrogen-bond donors (Lipinski definition) is 1. The molecule has 0 amide bonds. The minimum atomic E-state index is 0.753. The molecule has 1 heterocycles. The summed E-state index contributed by atoms with van der Waals surface area (Å²) in [6.45, 7) is 6.70. The van der Waals surface area contributed by atoms with Gasteiger partial charge in [0, 0.05) is 6.04 Å². The first-order valence-electron chi connectivity index (χ1n) is 5.55. The molecule has 0 aliphatic carbocycles. The molecule has 0 aromatic heterocycles. The maximum atomic E-state index is 5.77. The molecule has 0 aromatic rings. The van der Waals surface area contributed by atoms with Gasteiger partial charge in [-0.15, -0.1) is 0 Å². The van der Waals surface area contributed by atoms with E-state index in [2.05, 4.69) is 25.8 Å². The van der Waals surface area contributed by atoms with E-state index in [9.17, 15) is 0 Å². The quantitative estimate of drug-likeness (QED) is 0.720. The van der Waals surface area contributed by atoms with Gasteiger partial charge in [-0.3, -0.25) is 0 Å². The molecule has 1 fully saturated rings. The summed E-state index contributed by atoms with van der Waals surface area (Å²) < 4.78 is 0. The van der Waals surface area contributed by atoms with Crippen molar-refractivity contribution in [2.75, 3.05) is 20.1 Å².